The summed E-state index contributed by atoms with van der Waals surface area (Å²) in [6, 6.07) is 0. The van der Waals surface area contributed by atoms with Gasteiger partial charge in [-0.1, -0.05) is 211 Å². The van der Waals surface area contributed by atoms with Gasteiger partial charge in [-0.25, -0.2) is 0 Å². The van der Waals surface area contributed by atoms with E-state index in [1.807, 2.05) is 0 Å². The molecule has 57 heavy (non-hydrogen) atoms. The summed E-state index contributed by atoms with van der Waals surface area (Å²) in [5.74, 6) is -0.943. The largest absolute Gasteiger partial charge is 0.462 e. The number of hydrogen-bond acceptors (Lipinski definition) is 6. The monoisotopic (exact) mass is 799 g/mol. The molecule has 0 heterocycles. The third kappa shape index (κ3) is 44.3. The summed E-state index contributed by atoms with van der Waals surface area (Å²) in [5, 5.41) is 0. The molecule has 0 aliphatic rings. The van der Waals surface area contributed by atoms with Crippen molar-refractivity contribution in [1.82, 2.24) is 0 Å². The normalized spacial score (nSPS) is 12.4. The van der Waals surface area contributed by atoms with Crippen LogP contribution in [0.5, 0.6) is 0 Å². The standard InChI is InChI=1S/C51H90O6/c1-4-7-10-13-16-19-21-23-24-25-26-28-29-32-35-38-41-44-50(53)56-47-48(46-55-49(52)43-40-37-34-31-18-15-12-9-6-3)57-51(54)45-42-39-36-33-30-27-22-20-17-14-11-8-5-2/h8,11,14,17,20,22,31,34,48H,4-7,9-10,12-13,15-16,18-19,21,23-30,32-33,35-47H2,1-3H3/b11-8-,17-14-,22-20-,34-31-. The van der Waals surface area contributed by atoms with E-state index >= 15 is 0 Å². The minimum absolute atomic E-state index is 0.0881. The molecule has 0 aromatic heterocycles. The van der Waals surface area contributed by atoms with Crippen molar-refractivity contribution in [3.63, 3.8) is 0 Å². The maximum atomic E-state index is 12.7. The third-order valence-electron chi connectivity index (χ3n) is 10.4. The van der Waals surface area contributed by atoms with Gasteiger partial charge < -0.3 is 14.2 Å². The molecule has 0 aromatic rings. The average molecular weight is 799 g/mol. The molecular weight excluding hydrogens is 709 g/mol. The fraction of sp³-hybridized carbons (Fsp3) is 0.784. The van der Waals surface area contributed by atoms with Gasteiger partial charge in [0.1, 0.15) is 13.2 Å². The quantitative estimate of drug-likeness (QED) is 0.0201. The Balaban J connectivity index is 4.34. The number of hydrogen-bond donors (Lipinski definition) is 0. The second-order valence-electron chi connectivity index (χ2n) is 16.1. The molecule has 0 aliphatic heterocycles. The van der Waals surface area contributed by atoms with E-state index in [1.54, 1.807) is 0 Å². The van der Waals surface area contributed by atoms with Crippen molar-refractivity contribution in [1.29, 1.82) is 0 Å². The Morgan fingerprint density at radius 2 is 0.719 bits per heavy atom. The summed E-state index contributed by atoms with van der Waals surface area (Å²) in [7, 11) is 0. The number of unbranched alkanes of at least 4 members (excludes halogenated alkanes) is 26. The summed E-state index contributed by atoms with van der Waals surface area (Å²) in [4.78, 5) is 37.7. The molecule has 0 rings (SSSR count). The van der Waals surface area contributed by atoms with Gasteiger partial charge in [0.25, 0.3) is 0 Å². The zero-order valence-electron chi connectivity index (χ0n) is 37.6. The number of allylic oxidation sites excluding steroid dienone is 8. The highest BCUT2D eigenvalue weighted by molar-refractivity contribution is 5.71. The minimum Gasteiger partial charge on any atom is -0.462 e. The van der Waals surface area contributed by atoms with Gasteiger partial charge in [0, 0.05) is 19.3 Å². The Bertz CT molecular complexity index is 1010. The van der Waals surface area contributed by atoms with Gasteiger partial charge in [0.05, 0.1) is 0 Å². The van der Waals surface area contributed by atoms with Crippen molar-refractivity contribution in [3.05, 3.63) is 48.6 Å². The molecule has 0 aliphatic carbocycles. The molecule has 0 saturated carbocycles. The lowest BCUT2D eigenvalue weighted by molar-refractivity contribution is -0.167. The first kappa shape index (κ1) is 54.4. The second-order valence-corrected chi connectivity index (χ2v) is 16.1. The lowest BCUT2D eigenvalue weighted by Crippen LogP contribution is -2.30. The van der Waals surface area contributed by atoms with Crippen LogP contribution in [0.25, 0.3) is 0 Å². The fourth-order valence-electron chi connectivity index (χ4n) is 6.74. The highest BCUT2D eigenvalue weighted by Gasteiger charge is 2.19. The smallest absolute Gasteiger partial charge is 0.306 e. The Kier molecular flexibility index (Phi) is 43.9. The van der Waals surface area contributed by atoms with Gasteiger partial charge in [0.2, 0.25) is 0 Å². The SMILES string of the molecule is CC\C=C/C=C\C=C/CCCCCCCC(=O)OC(COC(=O)CCC/C=C\CCCCCC)COC(=O)CCCCCCCCCCCCCCCCCCC. The maximum Gasteiger partial charge on any atom is 0.306 e. The van der Waals surface area contributed by atoms with E-state index in [2.05, 4.69) is 69.4 Å². The molecule has 0 spiro atoms. The summed E-state index contributed by atoms with van der Waals surface area (Å²) in [6.45, 7) is 6.43. The Morgan fingerprint density at radius 1 is 0.368 bits per heavy atom. The van der Waals surface area contributed by atoms with Crippen molar-refractivity contribution < 1.29 is 28.6 Å². The molecule has 1 unspecified atom stereocenters. The molecule has 0 radical (unpaired) electrons. The lowest BCUT2D eigenvalue weighted by atomic mass is 10.0. The van der Waals surface area contributed by atoms with Crippen molar-refractivity contribution in [2.45, 2.75) is 245 Å². The predicted molar refractivity (Wildman–Crippen MR) is 242 cm³/mol. The van der Waals surface area contributed by atoms with Crippen molar-refractivity contribution in [2.24, 2.45) is 0 Å². The first-order valence-electron chi connectivity index (χ1n) is 24.2. The molecular formula is C51H90O6. The summed E-state index contributed by atoms with van der Waals surface area (Å²) in [6.07, 6.45) is 53.9. The van der Waals surface area contributed by atoms with E-state index in [9.17, 15) is 14.4 Å². The van der Waals surface area contributed by atoms with Crippen molar-refractivity contribution in [3.8, 4) is 0 Å². The lowest BCUT2D eigenvalue weighted by Gasteiger charge is -2.18. The van der Waals surface area contributed by atoms with Crippen LogP contribution in [-0.4, -0.2) is 37.2 Å². The molecule has 0 N–H and O–H groups in total. The van der Waals surface area contributed by atoms with Gasteiger partial charge in [-0.05, 0) is 57.8 Å². The van der Waals surface area contributed by atoms with Crippen LogP contribution in [0.4, 0.5) is 0 Å². The van der Waals surface area contributed by atoms with Crippen LogP contribution in [-0.2, 0) is 28.6 Å². The molecule has 330 valence electrons. The zero-order valence-corrected chi connectivity index (χ0v) is 37.6. The van der Waals surface area contributed by atoms with Gasteiger partial charge >= 0.3 is 17.9 Å². The Hall–Kier alpha value is -2.63. The van der Waals surface area contributed by atoms with Gasteiger partial charge in [-0.2, -0.15) is 0 Å². The van der Waals surface area contributed by atoms with Crippen LogP contribution in [0.1, 0.15) is 239 Å². The van der Waals surface area contributed by atoms with Crippen LogP contribution < -0.4 is 0 Å². The number of esters is 3. The number of rotatable bonds is 43. The fourth-order valence-corrected chi connectivity index (χ4v) is 6.74. The minimum atomic E-state index is -0.790. The molecule has 6 nitrogen and oxygen atoms in total. The number of carbonyl (C=O) groups excluding carboxylic acids is 3. The van der Waals surface area contributed by atoms with Gasteiger partial charge in [-0.15, -0.1) is 0 Å². The highest BCUT2D eigenvalue weighted by Crippen LogP contribution is 2.15. The first-order valence-corrected chi connectivity index (χ1v) is 24.2. The van der Waals surface area contributed by atoms with Crippen molar-refractivity contribution in [2.75, 3.05) is 13.2 Å². The van der Waals surface area contributed by atoms with Crippen LogP contribution in [0.3, 0.4) is 0 Å². The number of ether oxygens (including phenoxy) is 3. The van der Waals surface area contributed by atoms with E-state index < -0.39 is 6.10 Å². The number of carbonyl (C=O) groups is 3. The average Bonchev–Trinajstić information content (AvgIpc) is 3.21. The predicted octanol–water partition coefficient (Wildman–Crippen LogP) is 15.5. The second kappa shape index (κ2) is 46.1. The molecule has 0 bridgehead atoms. The van der Waals surface area contributed by atoms with Gasteiger partial charge in [0.15, 0.2) is 6.10 Å². The molecule has 1 atom stereocenters. The van der Waals surface area contributed by atoms with Crippen LogP contribution in [0, 0.1) is 0 Å². The molecule has 0 amide bonds. The summed E-state index contributed by atoms with van der Waals surface area (Å²) in [5.41, 5.74) is 0. The molecule has 6 heteroatoms. The van der Waals surface area contributed by atoms with Gasteiger partial charge in [-0.3, -0.25) is 14.4 Å². The maximum absolute atomic E-state index is 12.7. The van der Waals surface area contributed by atoms with Crippen molar-refractivity contribution >= 4 is 17.9 Å². The molecule has 0 fully saturated rings. The van der Waals surface area contributed by atoms with E-state index in [-0.39, 0.29) is 31.1 Å². The third-order valence-corrected chi connectivity index (χ3v) is 10.4. The van der Waals surface area contributed by atoms with Crippen LogP contribution >= 0.6 is 0 Å². The Labute approximate surface area is 352 Å². The highest BCUT2D eigenvalue weighted by atomic mass is 16.6. The van der Waals surface area contributed by atoms with Crippen LogP contribution in [0.15, 0.2) is 48.6 Å². The molecule has 0 aromatic carbocycles. The summed E-state index contributed by atoms with van der Waals surface area (Å²) >= 11 is 0. The zero-order chi connectivity index (χ0) is 41.5. The van der Waals surface area contributed by atoms with E-state index in [1.165, 1.54) is 116 Å². The first-order chi connectivity index (χ1) is 28.0. The topological polar surface area (TPSA) is 78.9 Å². The Morgan fingerprint density at radius 3 is 1.19 bits per heavy atom. The van der Waals surface area contributed by atoms with E-state index in [0.29, 0.717) is 25.7 Å². The van der Waals surface area contributed by atoms with Crippen LogP contribution in [0.2, 0.25) is 0 Å². The van der Waals surface area contributed by atoms with E-state index in [0.717, 1.165) is 77.0 Å². The molecule has 0 saturated heterocycles. The van der Waals surface area contributed by atoms with E-state index in [4.69, 9.17) is 14.2 Å². The summed E-state index contributed by atoms with van der Waals surface area (Å²) < 4.78 is 16.7.